The van der Waals surface area contributed by atoms with E-state index in [0.717, 1.165) is 16.3 Å². The van der Waals surface area contributed by atoms with E-state index in [1.54, 1.807) is 16.4 Å². The Labute approximate surface area is 203 Å². The monoisotopic (exact) mass is 479 g/mol. The lowest BCUT2D eigenvalue weighted by Crippen LogP contribution is -2.39. The van der Waals surface area contributed by atoms with Crippen molar-refractivity contribution in [1.29, 1.82) is 0 Å². The standard InChI is InChI=1S/C28H33NO4S/c1-28(2,3)33-26-19-25(21-32-17-9-12-22-10-5-4-6-11-22)29(20-26)34(30,31)27-16-15-23-13-7-8-14-24(23)18-27/h4-16,18,25-26H,17,19-21H2,1-3H3/t25-,26+/m0/s1. The highest BCUT2D eigenvalue weighted by Gasteiger charge is 2.42. The molecular weight excluding hydrogens is 446 g/mol. The fourth-order valence-electron chi connectivity index (χ4n) is 4.36. The predicted octanol–water partition coefficient (Wildman–Crippen LogP) is 5.52. The minimum absolute atomic E-state index is 0.177. The third kappa shape index (κ3) is 6.13. The van der Waals surface area contributed by atoms with Crippen LogP contribution in [0.2, 0.25) is 0 Å². The maximum atomic E-state index is 13.7. The molecule has 0 aromatic heterocycles. The predicted molar refractivity (Wildman–Crippen MR) is 137 cm³/mol. The van der Waals surface area contributed by atoms with Gasteiger partial charge in [0.25, 0.3) is 0 Å². The molecule has 1 fully saturated rings. The number of rotatable bonds is 8. The molecule has 0 radical (unpaired) electrons. The van der Waals surface area contributed by atoms with E-state index in [1.807, 2.05) is 93.6 Å². The minimum Gasteiger partial charge on any atom is -0.376 e. The van der Waals surface area contributed by atoms with Gasteiger partial charge < -0.3 is 9.47 Å². The fourth-order valence-corrected chi connectivity index (χ4v) is 6.05. The Morgan fingerprint density at radius 3 is 2.41 bits per heavy atom. The first-order chi connectivity index (χ1) is 16.2. The second-order valence-electron chi connectivity index (χ2n) is 9.68. The van der Waals surface area contributed by atoms with Crippen molar-refractivity contribution in [3.63, 3.8) is 0 Å². The molecule has 34 heavy (non-hydrogen) atoms. The summed E-state index contributed by atoms with van der Waals surface area (Å²) in [5.74, 6) is 0. The van der Waals surface area contributed by atoms with Crippen molar-refractivity contribution in [2.24, 2.45) is 0 Å². The lowest BCUT2D eigenvalue weighted by Gasteiger charge is -2.25. The molecule has 3 aromatic carbocycles. The van der Waals surface area contributed by atoms with Crippen LogP contribution in [0.3, 0.4) is 0 Å². The highest BCUT2D eigenvalue weighted by atomic mass is 32.2. The summed E-state index contributed by atoms with van der Waals surface area (Å²) in [6.07, 6.45) is 4.38. The maximum absolute atomic E-state index is 13.7. The number of nitrogens with zero attached hydrogens (tertiary/aromatic N) is 1. The molecule has 0 bridgehead atoms. The first-order valence-corrected chi connectivity index (χ1v) is 13.1. The first-order valence-electron chi connectivity index (χ1n) is 11.7. The Kier molecular flexibility index (Phi) is 7.53. The zero-order valence-electron chi connectivity index (χ0n) is 20.1. The van der Waals surface area contributed by atoms with Gasteiger partial charge in [-0.2, -0.15) is 4.31 Å². The summed E-state index contributed by atoms with van der Waals surface area (Å²) in [7, 11) is -3.70. The van der Waals surface area contributed by atoms with Gasteiger partial charge in [-0.3, -0.25) is 0 Å². The molecule has 4 rings (SSSR count). The smallest absolute Gasteiger partial charge is 0.243 e. The molecule has 1 heterocycles. The molecule has 0 N–H and O–H groups in total. The third-order valence-electron chi connectivity index (χ3n) is 5.81. The quantitative estimate of drug-likeness (QED) is 0.400. The Hall–Kier alpha value is -2.51. The van der Waals surface area contributed by atoms with E-state index in [9.17, 15) is 8.42 Å². The normalized spacial score (nSPS) is 19.9. The van der Waals surface area contributed by atoms with Gasteiger partial charge >= 0.3 is 0 Å². The van der Waals surface area contributed by atoms with Crippen LogP contribution in [0.1, 0.15) is 32.8 Å². The molecule has 0 saturated carbocycles. The number of sulfonamides is 1. The molecule has 1 saturated heterocycles. The summed E-state index contributed by atoms with van der Waals surface area (Å²) in [6.45, 7) is 7.03. The van der Waals surface area contributed by atoms with Crippen molar-refractivity contribution in [1.82, 2.24) is 4.31 Å². The summed E-state index contributed by atoms with van der Waals surface area (Å²) in [4.78, 5) is 0.302. The van der Waals surface area contributed by atoms with Gasteiger partial charge in [-0.05, 0) is 55.7 Å². The highest BCUT2D eigenvalue weighted by Crippen LogP contribution is 2.31. The van der Waals surface area contributed by atoms with E-state index in [0.29, 0.717) is 31.1 Å². The second kappa shape index (κ2) is 10.4. The molecule has 0 aliphatic carbocycles. The molecule has 6 heteroatoms. The van der Waals surface area contributed by atoms with E-state index < -0.39 is 10.0 Å². The van der Waals surface area contributed by atoms with Crippen LogP contribution in [0.4, 0.5) is 0 Å². The molecule has 0 spiro atoms. The van der Waals surface area contributed by atoms with Crippen molar-refractivity contribution in [3.8, 4) is 0 Å². The van der Waals surface area contributed by atoms with Gasteiger partial charge in [0.15, 0.2) is 0 Å². The third-order valence-corrected chi connectivity index (χ3v) is 7.72. The fraction of sp³-hybridized carbons (Fsp3) is 0.357. The van der Waals surface area contributed by atoms with E-state index in [4.69, 9.17) is 9.47 Å². The number of benzene rings is 3. The zero-order chi connectivity index (χ0) is 24.2. The molecule has 180 valence electrons. The van der Waals surface area contributed by atoms with Crippen LogP contribution in [0.5, 0.6) is 0 Å². The Bertz CT molecular complexity index is 1230. The van der Waals surface area contributed by atoms with Crippen LogP contribution in [0, 0.1) is 0 Å². The molecule has 5 nitrogen and oxygen atoms in total. The van der Waals surface area contributed by atoms with Crippen LogP contribution in [0.15, 0.2) is 83.8 Å². The van der Waals surface area contributed by atoms with Gasteiger partial charge in [0.1, 0.15) is 0 Å². The summed E-state index contributed by atoms with van der Waals surface area (Å²) < 4.78 is 41.0. The average molecular weight is 480 g/mol. The van der Waals surface area contributed by atoms with Gasteiger partial charge in [0.2, 0.25) is 10.0 Å². The Balaban J connectivity index is 1.49. The van der Waals surface area contributed by atoms with Gasteiger partial charge in [-0.25, -0.2) is 8.42 Å². The second-order valence-corrected chi connectivity index (χ2v) is 11.6. The van der Waals surface area contributed by atoms with Gasteiger partial charge in [-0.1, -0.05) is 72.8 Å². The van der Waals surface area contributed by atoms with E-state index in [1.165, 1.54) is 0 Å². The number of fused-ring (bicyclic) bond motifs is 1. The van der Waals surface area contributed by atoms with Crippen LogP contribution < -0.4 is 0 Å². The van der Waals surface area contributed by atoms with Gasteiger partial charge in [0, 0.05) is 6.54 Å². The van der Waals surface area contributed by atoms with Gasteiger partial charge in [0.05, 0.1) is 35.9 Å². The molecule has 3 aromatic rings. The topological polar surface area (TPSA) is 55.8 Å². The maximum Gasteiger partial charge on any atom is 0.243 e. The van der Waals surface area contributed by atoms with Crippen molar-refractivity contribution in [3.05, 3.63) is 84.4 Å². The lowest BCUT2D eigenvalue weighted by molar-refractivity contribution is -0.0529. The number of hydrogen-bond acceptors (Lipinski definition) is 4. The Morgan fingerprint density at radius 2 is 1.68 bits per heavy atom. The minimum atomic E-state index is -3.70. The van der Waals surface area contributed by atoms with Gasteiger partial charge in [-0.15, -0.1) is 0 Å². The summed E-state index contributed by atoms with van der Waals surface area (Å²) in [5, 5.41) is 1.92. The average Bonchev–Trinajstić information content (AvgIpc) is 3.21. The van der Waals surface area contributed by atoms with Crippen molar-refractivity contribution in [2.75, 3.05) is 19.8 Å². The summed E-state index contributed by atoms with van der Waals surface area (Å²) in [6, 6.07) is 22.8. The van der Waals surface area contributed by atoms with E-state index in [-0.39, 0.29) is 17.7 Å². The zero-order valence-corrected chi connectivity index (χ0v) is 20.9. The molecule has 0 amide bonds. The summed E-state index contributed by atoms with van der Waals surface area (Å²) in [5.41, 5.74) is 0.753. The molecule has 0 unspecified atom stereocenters. The van der Waals surface area contributed by atoms with Crippen LogP contribution >= 0.6 is 0 Å². The molecule has 1 aliphatic heterocycles. The first kappa shape index (κ1) is 24.6. The summed E-state index contributed by atoms with van der Waals surface area (Å²) >= 11 is 0. The Morgan fingerprint density at radius 1 is 0.971 bits per heavy atom. The molecule has 1 aliphatic rings. The van der Waals surface area contributed by atoms with Crippen LogP contribution in [-0.2, 0) is 19.5 Å². The molecule has 2 atom stereocenters. The van der Waals surface area contributed by atoms with E-state index >= 15 is 0 Å². The van der Waals surface area contributed by atoms with Crippen molar-refractivity contribution in [2.45, 2.75) is 49.8 Å². The number of ether oxygens (including phenoxy) is 2. The highest BCUT2D eigenvalue weighted by molar-refractivity contribution is 7.89. The van der Waals surface area contributed by atoms with Crippen LogP contribution in [-0.4, -0.2) is 50.2 Å². The van der Waals surface area contributed by atoms with Crippen LogP contribution in [0.25, 0.3) is 16.8 Å². The SMILES string of the molecule is CC(C)(C)O[C@@H]1C[C@@H](COCC=Cc2ccccc2)N(S(=O)(=O)c2ccc3ccccc3c2)C1. The lowest BCUT2D eigenvalue weighted by atomic mass is 10.1. The van der Waals surface area contributed by atoms with Crippen molar-refractivity contribution >= 4 is 26.9 Å². The number of hydrogen-bond donors (Lipinski definition) is 0. The molecular formula is C28H33NO4S. The largest absolute Gasteiger partial charge is 0.376 e. The van der Waals surface area contributed by atoms with Crippen molar-refractivity contribution < 1.29 is 17.9 Å². The van der Waals surface area contributed by atoms with E-state index in [2.05, 4.69) is 0 Å².